The Hall–Kier alpha value is -0.600. The van der Waals surface area contributed by atoms with Crippen molar-refractivity contribution in [2.24, 2.45) is 23.7 Å². The largest absolute Gasteiger partial charge is 0.381 e. The number of ether oxygens (including phenoxy) is 1. The second-order valence-electron chi connectivity index (χ2n) is 5.64. The Morgan fingerprint density at radius 1 is 1.26 bits per heavy atom. The van der Waals surface area contributed by atoms with Crippen molar-refractivity contribution >= 4 is 15.9 Å². The zero-order valence-electron chi connectivity index (χ0n) is 11.8. The van der Waals surface area contributed by atoms with Crippen molar-refractivity contribution in [1.82, 2.24) is 0 Å². The lowest BCUT2D eigenvalue weighted by Gasteiger charge is -2.28. The fraction of sp³-hybridized carbons (Fsp3) is 0.529. The van der Waals surface area contributed by atoms with Crippen molar-refractivity contribution in [2.45, 2.75) is 13.8 Å². The number of halogens is 1. The lowest BCUT2D eigenvalue weighted by atomic mass is 9.78. The molecule has 0 aliphatic heterocycles. The van der Waals surface area contributed by atoms with Crippen LogP contribution in [0.1, 0.15) is 13.8 Å². The monoisotopic (exact) mass is 322 g/mol. The molecule has 4 unspecified atom stereocenters. The minimum atomic E-state index is 0.498. The number of allylic oxidation sites excluding steroid dienone is 7. The SMILES string of the molecule is CC(CBr)COCC1C=CC=C2C=CC=CC2C1C. The fourth-order valence-electron chi connectivity index (χ4n) is 2.63. The number of hydrogen-bond donors (Lipinski definition) is 0. The smallest absolute Gasteiger partial charge is 0.0531 e. The summed E-state index contributed by atoms with van der Waals surface area (Å²) in [5.74, 6) is 2.20. The minimum absolute atomic E-state index is 0.498. The van der Waals surface area contributed by atoms with Crippen molar-refractivity contribution in [2.75, 3.05) is 18.5 Å². The first kappa shape index (κ1) is 14.8. The maximum Gasteiger partial charge on any atom is 0.0531 e. The second-order valence-corrected chi connectivity index (χ2v) is 6.29. The first-order valence-corrected chi connectivity index (χ1v) is 8.21. The minimum Gasteiger partial charge on any atom is -0.381 e. The standard InChI is InChI=1S/C17H23BrO/c1-13(10-18)11-19-12-16-8-5-7-15-6-3-4-9-17(15)14(16)2/h3-9,13-14,16-17H,10-12H2,1-2H3. The van der Waals surface area contributed by atoms with Crippen molar-refractivity contribution in [1.29, 1.82) is 0 Å². The van der Waals surface area contributed by atoms with E-state index < -0.39 is 0 Å². The van der Waals surface area contributed by atoms with Crippen LogP contribution in [0.2, 0.25) is 0 Å². The van der Waals surface area contributed by atoms with Gasteiger partial charge in [-0.1, -0.05) is 72.3 Å². The predicted octanol–water partition coefficient (Wildman–Crippen LogP) is 4.52. The van der Waals surface area contributed by atoms with Gasteiger partial charge < -0.3 is 4.74 Å². The van der Waals surface area contributed by atoms with Gasteiger partial charge in [0.25, 0.3) is 0 Å². The summed E-state index contributed by atoms with van der Waals surface area (Å²) in [6.45, 7) is 6.20. The van der Waals surface area contributed by atoms with Crippen molar-refractivity contribution in [3.63, 3.8) is 0 Å². The van der Waals surface area contributed by atoms with Crippen LogP contribution in [0.4, 0.5) is 0 Å². The zero-order valence-corrected chi connectivity index (χ0v) is 13.3. The fourth-order valence-corrected chi connectivity index (χ4v) is 2.81. The molecular weight excluding hydrogens is 300 g/mol. The van der Waals surface area contributed by atoms with E-state index in [0.29, 0.717) is 23.7 Å². The van der Waals surface area contributed by atoms with Crippen LogP contribution in [0.15, 0.2) is 48.1 Å². The summed E-state index contributed by atoms with van der Waals surface area (Å²) in [5, 5.41) is 1.00. The number of hydrogen-bond acceptors (Lipinski definition) is 1. The van der Waals surface area contributed by atoms with Gasteiger partial charge in [0.05, 0.1) is 6.61 Å². The van der Waals surface area contributed by atoms with Gasteiger partial charge in [-0.15, -0.1) is 0 Å². The summed E-state index contributed by atoms with van der Waals surface area (Å²) >= 11 is 3.49. The molecule has 0 spiro atoms. The maximum absolute atomic E-state index is 5.88. The molecule has 0 aromatic rings. The van der Waals surface area contributed by atoms with E-state index in [1.807, 2.05) is 0 Å². The van der Waals surface area contributed by atoms with E-state index >= 15 is 0 Å². The Kier molecular flexibility index (Phi) is 5.65. The van der Waals surface area contributed by atoms with Gasteiger partial charge in [0, 0.05) is 23.8 Å². The Labute approximate surface area is 125 Å². The summed E-state index contributed by atoms with van der Waals surface area (Å²) in [6, 6.07) is 0. The molecule has 0 amide bonds. The van der Waals surface area contributed by atoms with E-state index in [1.165, 1.54) is 5.57 Å². The van der Waals surface area contributed by atoms with Crippen LogP contribution in [0, 0.1) is 23.7 Å². The third-order valence-corrected chi connectivity index (χ3v) is 5.07. The zero-order chi connectivity index (χ0) is 13.7. The molecule has 0 heterocycles. The van der Waals surface area contributed by atoms with Crippen LogP contribution in [0.3, 0.4) is 0 Å². The summed E-state index contributed by atoms with van der Waals surface area (Å²) < 4.78 is 5.88. The van der Waals surface area contributed by atoms with Gasteiger partial charge >= 0.3 is 0 Å². The molecule has 0 radical (unpaired) electrons. The van der Waals surface area contributed by atoms with Gasteiger partial charge in [0.15, 0.2) is 0 Å². The van der Waals surface area contributed by atoms with Crippen LogP contribution < -0.4 is 0 Å². The van der Waals surface area contributed by atoms with Gasteiger partial charge in [-0.25, -0.2) is 0 Å². The van der Waals surface area contributed by atoms with Gasteiger partial charge in [0.1, 0.15) is 0 Å². The molecule has 0 fully saturated rings. The van der Waals surface area contributed by atoms with Crippen LogP contribution in [0.25, 0.3) is 0 Å². The molecule has 0 aromatic carbocycles. The second kappa shape index (κ2) is 7.25. The molecule has 0 saturated carbocycles. The van der Waals surface area contributed by atoms with Gasteiger partial charge in [-0.2, -0.15) is 0 Å². The molecule has 19 heavy (non-hydrogen) atoms. The van der Waals surface area contributed by atoms with Gasteiger partial charge in [-0.3, -0.25) is 0 Å². The van der Waals surface area contributed by atoms with E-state index in [-0.39, 0.29) is 0 Å². The number of alkyl halides is 1. The molecule has 4 atom stereocenters. The average molecular weight is 323 g/mol. The van der Waals surface area contributed by atoms with Gasteiger partial charge in [-0.05, 0) is 17.4 Å². The molecule has 0 bridgehead atoms. The van der Waals surface area contributed by atoms with Crippen LogP contribution in [0.5, 0.6) is 0 Å². The average Bonchev–Trinajstić information content (AvgIpc) is 2.59. The Bertz CT molecular complexity index is 405. The molecule has 2 rings (SSSR count). The lowest BCUT2D eigenvalue weighted by molar-refractivity contribution is 0.0750. The van der Waals surface area contributed by atoms with E-state index in [4.69, 9.17) is 4.74 Å². The third kappa shape index (κ3) is 3.93. The van der Waals surface area contributed by atoms with E-state index in [0.717, 1.165) is 18.5 Å². The van der Waals surface area contributed by atoms with Crippen molar-refractivity contribution in [3.8, 4) is 0 Å². The maximum atomic E-state index is 5.88. The Morgan fingerprint density at radius 2 is 2.11 bits per heavy atom. The van der Waals surface area contributed by atoms with Crippen molar-refractivity contribution in [3.05, 3.63) is 48.1 Å². The molecule has 104 valence electrons. The number of fused-ring (bicyclic) bond motifs is 1. The molecule has 1 nitrogen and oxygen atoms in total. The molecule has 2 aliphatic carbocycles. The first-order valence-electron chi connectivity index (χ1n) is 7.09. The normalized spacial score (nSPS) is 30.7. The summed E-state index contributed by atoms with van der Waals surface area (Å²) in [5.41, 5.74) is 1.42. The number of rotatable bonds is 5. The molecular formula is C17H23BrO. The summed E-state index contributed by atoms with van der Waals surface area (Å²) in [7, 11) is 0. The van der Waals surface area contributed by atoms with Crippen LogP contribution >= 0.6 is 15.9 Å². The van der Waals surface area contributed by atoms with Gasteiger partial charge in [0.2, 0.25) is 0 Å². The lowest BCUT2D eigenvalue weighted by Crippen LogP contribution is -2.24. The van der Waals surface area contributed by atoms with E-state index in [1.54, 1.807) is 0 Å². The quantitative estimate of drug-likeness (QED) is 0.676. The first-order chi connectivity index (χ1) is 9.22. The van der Waals surface area contributed by atoms with E-state index in [2.05, 4.69) is 72.3 Å². The topological polar surface area (TPSA) is 9.23 Å². The predicted molar refractivity (Wildman–Crippen MR) is 85.4 cm³/mol. The van der Waals surface area contributed by atoms with Crippen LogP contribution in [-0.2, 0) is 4.74 Å². The highest BCUT2D eigenvalue weighted by Crippen LogP contribution is 2.34. The molecule has 0 N–H and O–H groups in total. The molecule has 2 aliphatic rings. The third-order valence-electron chi connectivity index (χ3n) is 3.97. The highest BCUT2D eigenvalue weighted by atomic mass is 79.9. The Morgan fingerprint density at radius 3 is 2.89 bits per heavy atom. The summed E-state index contributed by atoms with van der Waals surface area (Å²) in [4.78, 5) is 0. The molecule has 0 aromatic heterocycles. The van der Waals surface area contributed by atoms with Crippen molar-refractivity contribution < 1.29 is 4.74 Å². The summed E-state index contributed by atoms with van der Waals surface area (Å²) in [6.07, 6.45) is 15.6. The van der Waals surface area contributed by atoms with Crippen LogP contribution in [-0.4, -0.2) is 18.5 Å². The van der Waals surface area contributed by atoms with E-state index in [9.17, 15) is 0 Å². The molecule has 2 heteroatoms. The highest BCUT2D eigenvalue weighted by Gasteiger charge is 2.26. The highest BCUT2D eigenvalue weighted by molar-refractivity contribution is 9.09. The molecule has 0 saturated heterocycles. The Balaban J connectivity index is 1.92.